The summed E-state index contributed by atoms with van der Waals surface area (Å²) in [6.45, 7) is 5.90. The van der Waals surface area contributed by atoms with Crippen molar-refractivity contribution in [1.29, 1.82) is 0 Å². The van der Waals surface area contributed by atoms with Crippen molar-refractivity contribution in [2.45, 2.75) is 39.2 Å². The first-order valence-electron chi connectivity index (χ1n) is 6.74. The minimum Gasteiger partial charge on any atom is -0.387 e. The van der Waals surface area contributed by atoms with E-state index in [1.54, 1.807) is 12.1 Å². The molecular formula is C15H24FNO. The SMILES string of the molecule is CC(C)CCCCNCC(O)c1ccc(F)cc1. The van der Waals surface area contributed by atoms with Gasteiger partial charge in [0.1, 0.15) is 5.82 Å². The molecule has 0 radical (unpaired) electrons. The van der Waals surface area contributed by atoms with E-state index in [1.165, 1.54) is 25.0 Å². The average molecular weight is 253 g/mol. The number of hydrogen-bond donors (Lipinski definition) is 2. The molecule has 0 saturated heterocycles. The summed E-state index contributed by atoms with van der Waals surface area (Å²) in [7, 11) is 0. The molecule has 0 aliphatic carbocycles. The first-order chi connectivity index (χ1) is 8.59. The fraction of sp³-hybridized carbons (Fsp3) is 0.600. The van der Waals surface area contributed by atoms with Crippen molar-refractivity contribution in [2.75, 3.05) is 13.1 Å². The topological polar surface area (TPSA) is 32.3 Å². The first kappa shape index (κ1) is 15.1. The minimum absolute atomic E-state index is 0.271. The van der Waals surface area contributed by atoms with Crippen LogP contribution in [0.3, 0.4) is 0 Å². The number of nitrogens with one attached hydrogen (secondary N) is 1. The van der Waals surface area contributed by atoms with Crippen molar-refractivity contribution in [3.05, 3.63) is 35.6 Å². The van der Waals surface area contributed by atoms with Gasteiger partial charge in [-0.15, -0.1) is 0 Å². The molecule has 1 atom stereocenters. The van der Waals surface area contributed by atoms with Crippen LogP contribution in [0.15, 0.2) is 24.3 Å². The van der Waals surface area contributed by atoms with E-state index in [9.17, 15) is 9.50 Å². The molecule has 0 amide bonds. The van der Waals surface area contributed by atoms with E-state index in [-0.39, 0.29) is 5.82 Å². The van der Waals surface area contributed by atoms with Crippen LogP contribution >= 0.6 is 0 Å². The molecule has 1 unspecified atom stereocenters. The molecule has 0 bridgehead atoms. The van der Waals surface area contributed by atoms with Gasteiger partial charge in [0, 0.05) is 6.54 Å². The predicted octanol–water partition coefficient (Wildman–Crippen LogP) is 3.28. The van der Waals surface area contributed by atoms with Crippen LogP contribution < -0.4 is 5.32 Å². The summed E-state index contributed by atoms with van der Waals surface area (Å²) in [6, 6.07) is 6.00. The normalized spacial score (nSPS) is 12.9. The Balaban J connectivity index is 2.13. The van der Waals surface area contributed by atoms with Crippen LogP contribution in [0.2, 0.25) is 0 Å². The summed E-state index contributed by atoms with van der Waals surface area (Å²) in [6.07, 6.45) is 3.05. The molecule has 0 fully saturated rings. The van der Waals surface area contributed by atoms with Crippen molar-refractivity contribution in [2.24, 2.45) is 5.92 Å². The molecule has 3 heteroatoms. The summed E-state index contributed by atoms with van der Waals surface area (Å²) in [5, 5.41) is 13.1. The second kappa shape index (κ2) is 8.22. The van der Waals surface area contributed by atoms with Crippen LogP contribution in [0.5, 0.6) is 0 Å². The van der Waals surface area contributed by atoms with E-state index in [4.69, 9.17) is 0 Å². The van der Waals surface area contributed by atoms with Gasteiger partial charge in [0.25, 0.3) is 0 Å². The lowest BCUT2D eigenvalue weighted by atomic mass is 10.1. The van der Waals surface area contributed by atoms with Gasteiger partial charge in [-0.2, -0.15) is 0 Å². The van der Waals surface area contributed by atoms with E-state index >= 15 is 0 Å². The van der Waals surface area contributed by atoms with E-state index in [1.807, 2.05) is 0 Å². The number of aliphatic hydroxyl groups excluding tert-OH is 1. The molecule has 2 nitrogen and oxygen atoms in total. The minimum atomic E-state index is -0.560. The Morgan fingerprint density at radius 3 is 2.44 bits per heavy atom. The lowest BCUT2D eigenvalue weighted by Crippen LogP contribution is -2.22. The third-order valence-corrected chi connectivity index (χ3v) is 2.98. The molecule has 1 rings (SSSR count). The van der Waals surface area contributed by atoms with E-state index in [0.29, 0.717) is 6.54 Å². The summed E-state index contributed by atoms with van der Waals surface area (Å²) >= 11 is 0. The predicted molar refractivity (Wildman–Crippen MR) is 72.9 cm³/mol. The van der Waals surface area contributed by atoms with Crippen molar-refractivity contribution < 1.29 is 9.50 Å². The molecule has 18 heavy (non-hydrogen) atoms. The van der Waals surface area contributed by atoms with Gasteiger partial charge in [0.2, 0.25) is 0 Å². The molecular weight excluding hydrogens is 229 g/mol. The molecule has 2 N–H and O–H groups in total. The van der Waals surface area contributed by atoms with Crippen LogP contribution in [0.25, 0.3) is 0 Å². The number of hydrogen-bond acceptors (Lipinski definition) is 2. The van der Waals surface area contributed by atoms with Crippen LogP contribution in [0.4, 0.5) is 4.39 Å². The Morgan fingerprint density at radius 2 is 1.83 bits per heavy atom. The Kier molecular flexibility index (Phi) is 6.91. The van der Waals surface area contributed by atoms with Crippen molar-refractivity contribution >= 4 is 0 Å². The molecule has 1 aromatic carbocycles. The van der Waals surface area contributed by atoms with Gasteiger partial charge >= 0.3 is 0 Å². The average Bonchev–Trinajstić information content (AvgIpc) is 2.34. The van der Waals surface area contributed by atoms with Gasteiger partial charge in [-0.25, -0.2) is 4.39 Å². The molecule has 102 valence electrons. The van der Waals surface area contributed by atoms with Crippen LogP contribution in [-0.4, -0.2) is 18.2 Å². The maximum Gasteiger partial charge on any atom is 0.123 e. The van der Waals surface area contributed by atoms with Gasteiger partial charge < -0.3 is 10.4 Å². The van der Waals surface area contributed by atoms with Gasteiger partial charge in [-0.05, 0) is 36.6 Å². The van der Waals surface area contributed by atoms with Gasteiger partial charge in [0.05, 0.1) is 6.10 Å². The highest BCUT2D eigenvalue weighted by Gasteiger charge is 2.06. The van der Waals surface area contributed by atoms with Crippen molar-refractivity contribution in [3.63, 3.8) is 0 Å². The summed E-state index contributed by atoms with van der Waals surface area (Å²) in [4.78, 5) is 0. The molecule has 0 spiro atoms. The summed E-state index contributed by atoms with van der Waals surface area (Å²) in [5.74, 6) is 0.488. The highest BCUT2D eigenvalue weighted by atomic mass is 19.1. The zero-order valence-corrected chi connectivity index (χ0v) is 11.3. The van der Waals surface area contributed by atoms with Gasteiger partial charge in [-0.3, -0.25) is 0 Å². The third-order valence-electron chi connectivity index (χ3n) is 2.98. The van der Waals surface area contributed by atoms with E-state index in [2.05, 4.69) is 19.2 Å². The number of halogens is 1. The zero-order chi connectivity index (χ0) is 13.4. The smallest absolute Gasteiger partial charge is 0.123 e. The highest BCUT2D eigenvalue weighted by Crippen LogP contribution is 2.12. The van der Waals surface area contributed by atoms with Crippen LogP contribution in [0, 0.1) is 11.7 Å². The molecule has 0 aromatic heterocycles. The standard InChI is InChI=1S/C15H24FNO/c1-12(2)5-3-4-10-17-11-15(18)13-6-8-14(16)9-7-13/h6-9,12,15,17-18H,3-5,10-11H2,1-2H3. The summed E-state index contributed by atoms with van der Waals surface area (Å²) < 4.78 is 12.7. The maximum atomic E-state index is 12.7. The number of benzene rings is 1. The van der Waals surface area contributed by atoms with Crippen LogP contribution in [0.1, 0.15) is 44.8 Å². The number of unbranched alkanes of at least 4 members (excludes halogenated alkanes) is 1. The Morgan fingerprint density at radius 1 is 1.17 bits per heavy atom. The Bertz CT molecular complexity index is 324. The molecule has 0 aliphatic rings. The fourth-order valence-electron chi connectivity index (χ4n) is 1.84. The van der Waals surface area contributed by atoms with Gasteiger partial charge in [-0.1, -0.05) is 38.8 Å². The number of aliphatic hydroxyl groups is 1. The zero-order valence-electron chi connectivity index (χ0n) is 11.3. The largest absolute Gasteiger partial charge is 0.387 e. The lowest BCUT2D eigenvalue weighted by Gasteiger charge is -2.12. The molecule has 0 saturated carbocycles. The number of rotatable bonds is 8. The second-order valence-corrected chi connectivity index (χ2v) is 5.16. The first-order valence-corrected chi connectivity index (χ1v) is 6.74. The lowest BCUT2D eigenvalue weighted by molar-refractivity contribution is 0.174. The maximum absolute atomic E-state index is 12.7. The second-order valence-electron chi connectivity index (χ2n) is 5.16. The highest BCUT2D eigenvalue weighted by molar-refractivity contribution is 5.18. The Labute approximate surface area is 109 Å². The third kappa shape index (κ3) is 6.12. The molecule has 1 aromatic rings. The van der Waals surface area contributed by atoms with Gasteiger partial charge in [0.15, 0.2) is 0 Å². The van der Waals surface area contributed by atoms with E-state index in [0.717, 1.165) is 24.4 Å². The Hall–Kier alpha value is -0.930. The van der Waals surface area contributed by atoms with Crippen LogP contribution in [-0.2, 0) is 0 Å². The molecule has 0 aliphatic heterocycles. The fourth-order valence-corrected chi connectivity index (χ4v) is 1.84. The quantitative estimate of drug-likeness (QED) is 0.697. The molecule has 0 heterocycles. The monoisotopic (exact) mass is 253 g/mol. The van der Waals surface area contributed by atoms with Crippen molar-refractivity contribution in [3.8, 4) is 0 Å². The van der Waals surface area contributed by atoms with Crippen molar-refractivity contribution in [1.82, 2.24) is 5.32 Å². The summed E-state index contributed by atoms with van der Waals surface area (Å²) in [5.41, 5.74) is 0.756. The van der Waals surface area contributed by atoms with E-state index < -0.39 is 6.10 Å².